The first kappa shape index (κ1) is 14.3. The zero-order valence-electron chi connectivity index (χ0n) is 11.2. The highest BCUT2D eigenvalue weighted by Crippen LogP contribution is 2.25. The lowest BCUT2D eigenvalue weighted by atomic mass is 9.87. The zero-order chi connectivity index (χ0) is 12.8. The van der Waals surface area contributed by atoms with Gasteiger partial charge in [0.25, 0.3) is 0 Å². The van der Waals surface area contributed by atoms with Gasteiger partial charge >= 0.3 is 0 Å². The lowest BCUT2D eigenvalue weighted by Crippen LogP contribution is -2.33. The quantitative estimate of drug-likeness (QED) is 0.707. The minimum absolute atomic E-state index is 0.216. The minimum atomic E-state index is -3.06. The summed E-state index contributed by atoms with van der Waals surface area (Å²) in [5.41, 5.74) is 0. The molecule has 18 heavy (non-hydrogen) atoms. The van der Waals surface area contributed by atoms with Crippen molar-refractivity contribution in [3.63, 3.8) is 0 Å². The lowest BCUT2D eigenvalue weighted by Gasteiger charge is -2.21. The molecule has 0 bridgehead atoms. The molecule has 2 rings (SSSR count). The molecule has 2 aliphatic rings. The number of hydrogen-bond donors (Lipinski definition) is 2. The predicted octanol–water partition coefficient (Wildman–Crippen LogP) is 1.63. The van der Waals surface area contributed by atoms with Crippen LogP contribution in [0.25, 0.3) is 0 Å². The van der Waals surface area contributed by atoms with Gasteiger partial charge in [0.1, 0.15) is 0 Å². The normalized spacial score (nSPS) is 22.2. The van der Waals surface area contributed by atoms with Crippen LogP contribution >= 0.6 is 0 Å². The molecule has 0 saturated heterocycles. The Morgan fingerprint density at radius 3 is 2.33 bits per heavy atom. The van der Waals surface area contributed by atoms with E-state index in [1.165, 1.54) is 44.9 Å². The van der Waals surface area contributed by atoms with E-state index >= 15 is 0 Å². The maximum absolute atomic E-state index is 11.7. The van der Waals surface area contributed by atoms with Gasteiger partial charge in [-0.05, 0) is 25.2 Å². The van der Waals surface area contributed by atoms with Gasteiger partial charge in [0.2, 0.25) is 10.0 Å². The molecule has 0 spiro atoms. The number of rotatable bonds is 8. The van der Waals surface area contributed by atoms with E-state index in [1.807, 2.05) is 0 Å². The average Bonchev–Trinajstić information content (AvgIpc) is 3.14. The monoisotopic (exact) mass is 274 g/mol. The van der Waals surface area contributed by atoms with E-state index < -0.39 is 10.0 Å². The molecule has 4 nitrogen and oxygen atoms in total. The summed E-state index contributed by atoms with van der Waals surface area (Å²) in [5, 5.41) is 3.23. The van der Waals surface area contributed by atoms with Gasteiger partial charge < -0.3 is 5.32 Å². The molecule has 0 amide bonds. The third-order valence-corrected chi connectivity index (χ3v) is 5.37. The van der Waals surface area contributed by atoms with E-state index in [-0.39, 0.29) is 5.75 Å². The standard InChI is InChI=1S/C13H26N2O2S/c16-18(17,11-10-14-13-6-7-13)15-9-8-12-4-2-1-3-5-12/h12-15H,1-11H2. The average molecular weight is 274 g/mol. The Hall–Kier alpha value is -0.130. The van der Waals surface area contributed by atoms with Crippen LogP contribution in [0.4, 0.5) is 0 Å². The maximum Gasteiger partial charge on any atom is 0.212 e. The van der Waals surface area contributed by atoms with Gasteiger partial charge in [-0.2, -0.15) is 0 Å². The van der Waals surface area contributed by atoms with Crippen molar-refractivity contribution in [3.8, 4) is 0 Å². The highest BCUT2D eigenvalue weighted by Gasteiger charge is 2.21. The Morgan fingerprint density at radius 2 is 1.67 bits per heavy atom. The van der Waals surface area contributed by atoms with Crippen molar-refractivity contribution in [1.82, 2.24) is 10.0 Å². The van der Waals surface area contributed by atoms with Crippen LogP contribution in [0, 0.1) is 5.92 Å². The maximum atomic E-state index is 11.7. The van der Waals surface area contributed by atoms with E-state index in [1.54, 1.807) is 0 Å². The van der Waals surface area contributed by atoms with Crippen molar-refractivity contribution in [1.29, 1.82) is 0 Å². The van der Waals surface area contributed by atoms with Gasteiger partial charge in [0.15, 0.2) is 0 Å². The second-order valence-electron chi connectivity index (χ2n) is 5.73. The number of sulfonamides is 1. The van der Waals surface area contributed by atoms with Crippen LogP contribution in [0.1, 0.15) is 51.4 Å². The highest BCUT2D eigenvalue weighted by atomic mass is 32.2. The lowest BCUT2D eigenvalue weighted by molar-refractivity contribution is 0.339. The van der Waals surface area contributed by atoms with Crippen molar-refractivity contribution in [3.05, 3.63) is 0 Å². The van der Waals surface area contributed by atoms with Gasteiger partial charge in [-0.25, -0.2) is 13.1 Å². The topological polar surface area (TPSA) is 58.2 Å². The summed E-state index contributed by atoms with van der Waals surface area (Å²) >= 11 is 0. The first-order valence-corrected chi connectivity index (χ1v) is 9.02. The van der Waals surface area contributed by atoms with E-state index in [9.17, 15) is 8.42 Å². The molecule has 0 aromatic rings. The molecular formula is C13H26N2O2S. The van der Waals surface area contributed by atoms with Crippen molar-refractivity contribution in [2.24, 2.45) is 5.92 Å². The molecule has 0 heterocycles. The molecule has 2 N–H and O–H groups in total. The fraction of sp³-hybridized carbons (Fsp3) is 1.00. The summed E-state index contributed by atoms with van der Waals surface area (Å²) in [6.45, 7) is 1.21. The minimum Gasteiger partial charge on any atom is -0.313 e. The molecule has 106 valence electrons. The van der Waals surface area contributed by atoms with Crippen molar-refractivity contribution >= 4 is 10.0 Å². The van der Waals surface area contributed by atoms with E-state index in [4.69, 9.17) is 0 Å². The SMILES string of the molecule is O=S(=O)(CCNC1CC1)NCCC1CCCCC1. The molecular weight excluding hydrogens is 248 g/mol. The largest absolute Gasteiger partial charge is 0.313 e. The summed E-state index contributed by atoms with van der Waals surface area (Å²) in [7, 11) is -3.06. The van der Waals surface area contributed by atoms with Gasteiger partial charge in [-0.15, -0.1) is 0 Å². The van der Waals surface area contributed by atoms with Crippen LogP contribution in [-0.4, -0.2) is 33.3 Å². The van der Waals surface area contributed by atoms with E-state index in [0.717, 1.165) is 12.3 Å². The Balaban J connectivity index is 1.55. The summed E-state index contributed by atoms with van der Waals surface area (Å²) in [5.74, 6) is 0.958. The van der Waals surface area contributed by atoms with Gasteiger partial charge in [-0.1, -0.05) is 32.1 Å². The highest BCUT2D eigenvalue weighted by molar-refractivity contribution is 7.89. The second-order valence-corrected chi connectivity index (χ2v) is 7.66. The Morgan fingerprint density at radius 1 is 0.944 bits per heavy atom. The molecule has 0 unspecified atom stereocenters. The van der Waals surface area contributed by atoms with Crippen molar-refractivity contribution in [2.45, 2.75) is 57.4 Å². The summed E-state index contributed by atoms with van der Waals surface area (Å²) in [4.78, 5) is 0. The fourth-order valence-corrected chi connectivity index (χ4v) is 3.61. The summed E-state index contributed by atoms with van der Waals surface area (Å²) in [6.07, 6.45) is 9.98. The third-order valence-electron chi connectivity index (χ3n) is 3.98. The van der Waals surface area contributed by atoms with Crippen LogP contribution in [0.5, 0.6) is 0 Å². The van der Waals surface area contributed by atoms with Gasteiger partial charge in [-0.3, -0.25) is 0 Å². The molecule has 0 radical (unpaired) electrons. The Labute approximate surface area is 111 Å². The molecule has 0 atom stereocenters. The second kappa shape index (κ2) is 6.87. The molecule has 0 aromatic carbocycles. The van der Waals surface area contributed by atoms with Crippen LogP contribution in [0.15, 0.2) is 0 Å². The van der Waals surface area contributed by atoms with Crippen molar-refractivity contribution in [2.75, 3.05) is 18.8 Å². The summed E-state index contributed by atoms with van der Waals surface area (Å²) < 4.78 is 26.2. The number of hydrogen-bond acceptors (Lipinski definition) is 3. The molecule has 2 fully saturated rings. The molecule has 0 aliphatic heterocycles. The molecule has 5 heteroatoms. The Kier molecular flexibility index (Phi) is 5.45. The van der Waals surface area contributed by atoms with Crippen LogP contribution in [0.2, 0.25) is 0 Å². The number of nitrogens with one attached hydrogen (secondary N) is 2. The summed E-state index contributed by atoms with van der Waals surface area (Å²) in [6, 6.07) is 0.586. The molecule has 2 aliphatic carbocycles. The van der Waals surface area contributed by atoms with E-state index in [2.05, 4.69) is 10.0 Å². The fourth-order valence-electron chi connectivity index (χ4n) is 2.65. The van der Waals surface area contributed by atoms with Crippen LogP contribution in [-0.2, 0) is 10.0 Å². The van der Waals surface area contributed by atoms with Crippen molar-refractivity contribution < 1.29 is 8.42 Å². The van der Waals surface area contributed by atoms with Gasteiger partial charge in [0, 0.05) is 19.1 Å². The van der Waals surface area contributed by atoms with Gasteiger partial charge in [0.05, 0.1) is 5.75 Å². The first-order valence-electron chi connectivity index (χ1n) is 7.36. The Bertz CT molecular complexity index is 333. The smallest absolute Gasteiger partial charge is 0.212 e. The molecule has 2 saturated carbocycles. The zero-order valence-corrected chi connectivity index (χ0v) is 12.0. The predicted molar refractivity (Wildman–Crippen MR) is 74.0 cm³/mol. The van der Waals surface area contributed by atoms with Crippen LogP contribution < -0.4 is 10.0 Å². The van der Waals surface area contributed by atoms with E-state index in [0.29, 0.717) is 19.1 Å². The third kappa shape index (κ3) is 5.67. The molecule has 0 aromatic heterocycles. The van der Waals surface area contributed by atoms with Crippen LogP contribution in [0.3, 0.4) is 0 Å². The first-order chi connectivity index (χ1) is 8.66.